The van der Waals surface area contributed by atoms with Gasteiger partial charge in [-0.2, -0.15) is 0 Å². The molecule has 0 saturated carbocycles. The van der Waals surface area contributed by atoms with E-state index in [-0.39, 0.29) is 43.7 Å². The van der Waals surface area contributed by atoms with Crippen LogP contribution in [-0.2, 0) is 18.3 Å². The minimum absolute atomic E-state index is 0.0103. The van der Waals surface area contributed by atoms with Crippen LogP contribution in [0.15, 0.2) is 15.8 Å². The summed E-state index contributed by atoms with van der Waals surface area (Å²) in [5.41, 5.74) is -1.59. The quantitative estimate of drug-likeness (QED) is 0.412. The molecule has 3 N–H and O–H groups in total. The van der Waals surface area contributed by atoms with Crippen LogP contribution < -0.4 is 11.2 Å². The average Bonchev–Trinajstić information content (AvgIpc) is 3.05. The molecule has 3 unspecified atom stereocenters. The first-order valence-corrected chi connectivity index (χ1v) is 11.8. The second kappa shape index (κ2) is 11.0. The number of aliphatic hydroxyl groups excluding tert-OH is 2. The number of rotatable bonds is 11. The van der Waals surface area contributed by atoms with Crippen LogP contribution >= 0.6 is 19.2 Å². The van der Waals surface area contributed by atoms with Gasteiger partial charge in [-0.05, 0) is 20.3 Å². The number of hydrogen-bond acceptors (Lipinski definition) is 8. The van der Waals surface area contributed by atoms with Crippen molar-refractivity contribution in [2.24, 2.45) is 0 Å². The molecular formula is C17H27ClFN2O8P. The van der Waals surface area contributed by atoms with Crippen molar-refractivity contribution >= 4 is 19.2 Å². The second-order valence-electron chi connectivity index (χ2n) is 6.87. The molecule has 1 saturated heterocycles. The molecule has 13 heteroatoms. The van der Waals surface area contributed by atoms with E-state index in [1.54, 1.807) is 13.8 Å². The number of aliphatic hydroxyl groups is 2. The number of H-pyrrole nitrogens is 1. The van der Waals surface area contributed by atoms with Crippen molar-refractivity contribution in [3.8, 4) is 0 Å². The average molecular weight is 473 g/mol. The normalized spacial score (nSPS) is 24.1. The minimum atomic E-state index is -3.34. The van der Waals surface area contributed by atoms with Gasteiger partial charge in [0, 0.05) is 19.0 Å². The maximum atomic E-state index is 14.4. The first kappa shape index (κ1) is 25.2. The van der Waals surface area contributed by atoms with Crippen LogP contribution in [0.3, 0.4) is 0 Å². The summed E-state index contributed by atoms with van der Waals surface area (Å²) in [6.45, 7) is 3.71. The molecule has 0 aliphatic carbocycles. The van der Waals surface area contributed by atoms with Crippen molar-refractivity contribution in [3.63, 3.8) is 0 Å². The van der Waals surface area contributed by atoms with Gasteiger partial charge in [-0.25, -0.2) is 9.18 Å². The van der Waals surface area contributed by atoms with Crippen LogP contribution in [0.25, 0.3) is 0 Å². The molecule has 1 aromatic rings. The first-order valence-electron chi connectivity index (χ1n) is 9.65. The third-order valence-corrected chi connectivity index (χ3v) is 6.99. The summed E-state index contributed by atoms with van der Waals surface area (Å²) >= 11 is 5.71. The van der Waals surface area contributed by atoms with E-state index in [4.69, 9.17) is 25.4 Å². The number of aromatic amines is 1. The Kier molecular flexibility index (Phi) is 9.23. The van der Waals surface area contributed by atoms with Crippen molar-refractivity contribution in [1.29, 1.82) is 0 Å². The number of alkyl halides is 1. The van der Waals surface area contributed by atoms with Gasteiger partial charge in [-0.15, -0.1) is 0 Å². The Labute approximate surface area is 177 Å². The maximum Gasteiger partial charge on any atom is 0.330 e. The zero-order valence-electron chi connectivity index (χ0n) is 16.7. The van der Waals surface area contributed by atoms with E-state index in [0.717, 1.165) is 10.8 Å². The lowest BCUT2D eigenvalue weighted by Crippen LogP contribution is -2.36. The Bertz CT molecular complexity index is 855. The van der Waals surface area contributed by atoms with Crippen LogP contribution in [0, 0.1) is 0 Å². The Morgan fingerprint density at radius 3 is 2.60 bits per heavy atom. The highest BCUT2D eigenvalue weighted by Crippen LogP contribution is 2.48. The standard InChI is InChI=1S/C17H27ClFN2O8P/c1-3-27-30(26,28-4-2)6-5-10(22)7-13(23)15-12(19)8-14(29-15)21-9-11(18)16(24)20-17(21)25/h9-10,12-15,22-23H,3-8H2,1-2H3,(H,20,24,25)/t10?,12?,13?,14-,15+/m1/s1. The van der Waals surface area contributed by atoms with Gasteiger partial charge in [0.25, 0.3) is 5.56 Å². The Hall–Kier alpha value is -1.07. The van der Waals surface area contributed by atoms with Crippen LogP contribution in [-0.4, -0.2) is 63.6 Å². The molecule has 1 aliphatic heterocycles. The predicted molar refractivity (Wildman–Crippen MR) is 107 cm³/mol. The molecule has 0 amide bonds. The summed E-state index contributed by atoms with van der Waals surface area (Å²) in [6.07, 6.45) is -5.96. The second-order valence-corrected chi connectivity index (χ2v) is 9.46. The molecular weight excluding hydrogens is 446 g/mol. The molecule has 5 atom stereocenters. The predicted octanol–water partition coefficient (Wildman–Crippen LogP) is 1.58. The lowest BCUT2D eigenvalue weighted by molar-refractivity contribution is -0.0850. The third-order valence-electron chi connectivity index (χ3n) is 4.61. The maximum absolute atomic E-state index is 14.4. The van der Waals surface area contributed by atoms with Gasteiger partial charge < -0.3 is 24.0 Å². The number of aromatic nitrogens is 2. The van der Waals surface area contributed by atoms with E-state index in [1.165, 1.54) is 0 Å². The lowest BCUT2D eigenvalue weighted by atomic mass is 10.0. The Morgan fingerprint density at radius 2 is 2.00 bits per heavy atom. The Morgan fingerprint density at radius 1 is 1.37 bits per heavy atom. The number of nitrogens with one attached hydrogen (secondary N) is 1. The number of nitrogens with zero attached hydrogens (tertiary/aromatic N) is 1. The molecule has 0 radical (unpaired) electrons. The molecule has 0 spiro atoms. The van der Waals surface area contributed by atoms with Crippen molar-refractivity contribution in [3.05, 3.63) is 32.1 Å². The van der Waals surface area contributed by atoms with Crippen molar-refractivity contribution in [2.45, 2.75) is 63.8 Å². The molecule has 2 heterocycles. The van der Waals surface area contributed by atoms with E-state index in [9.17, 15) is 28.8 Å². The van der Waals surface area contributed by atoms with Gasteiger partial charge in [0.1, 0.15) is 23.5 Å². The Balaban J connectivity index is 1.96. The fraction of sp³-hybridized carbons (Fsp3) is 0.765. The fourth-order valence-corrected chi connectivity index (χ4v) is 5.12. The molecule has 2 rings (SSSR count). The smallest absolute Gasteiger partial charge is 0.330 e. The number of hydrogen-bond donors (Lipinski definition) is 3. The molecule has 1 aliphatic rings. The van der Waals surface area contributed by atoms with Crippen LogP contribution in [0.1, 0.15) is 39.3 Å². The minimum Gasteiger partial charge on any atom is -0.393 e. The van der Waals surface area contributed by atoms with Gasteiger partial charge in [-0.3, -0.25) is 18.9 Å². The van der Waals surface area contributed by atoms with E-state index >= 15 is 0 Å². The van der Waals surface area contributed by atoms with Crippen molar-refractivity contribution in [1.82, 2.24) is 9.55 Å². The van der Waals surface area contributed by atoms with Gasteiger partial charge in [0.2, 0.25) is 0 Å². The van der Waals surface area contributed by atoms with E-state index in [0.29, 0.717) is 0 Å². The molecule has 30 heavy (non-hydrogen) atoms. The summed E-state index contributed by atoms with van der Waals surface area (Å²) in [5, 5.41) is 20.2. The van der Waals surface area contributed by atoms with E-state index in [1.807, 2.05) is 4.98 Å². The van der Waals surface area contributed by atoms with Crippen molar-refractivity contribution < 1.29 is 33.0 Å². The van der Waals surface area contributed by atoms with Gasteiger partial charge in [0.05, 0.1) is 31.6 Å². The highest BCUT2D eigenvalue weighted by atomic mass is 35.5. The molecule has 10 nitrogen and oxygen atoms in total. The van der Waals surface area contributed by atoms with E-state index < -0.39 is 49.6 Å². The van der Waals surface area contributed by atoms with Crippen LogP contribution in [0.2, 0.25) is 5.02 Å². The third kappa shape index (κ3) is 6.46. The molecule has 172 valence electrons. The van der Waals surface area contributed by atoms with E-state index in [2.05, 4.69) is 0 Å². The number of ether oxygens (including phenoxy) is 1. The SMILES string of the molecule is CCOP(=O)(CCC(O)CC(O)[C@H]1O[C@@H](n2cc(Cl)c(=O)[nH]c2=O)CC1F)OCC. The summed E-state index contributed by atoms with van der Waals surface area (Å²) < 4.78 is 43.6. The monoisotopic (exact) mass is 472 g/mol. The largest absolute Gasteiger partial charge is 0.393 e. The summed E-state index contributed by atoms with van der Waals surface area (Å²) in [7, 11) is -3.34. The summed E-state index contributed by atoms with van der Waals surface area (Å²) in [5.74, 6) is 0. The highest BCUT2D eigenvalue weighted by molar-refractivity contribution is 7.53. The highest BCUT2D eigenvalue weighted by Gasteiger charge is 2.41. The zero-order valence-corrected chi connectivity index (χ0v) is 18.4. The van der Waals surface area contributed by atoms with Crippen molar-refractivity contribution in [2.75, 3.05) is 19.4 Å². The fourth-order valence-electron chi connectivity index (χ4n) is 3.23. The first-order chi connectivity index (χ1) is 14.1. The summed E-state index contributed by atoms with van der Waals surface area (Å²) in [4.78, 5) is 25.3. The van der Waals surface area contributed by atoms with Crippen LogP contribution in [0.4, 0.5) is 4.39 Å². The molecule has 1 fully saturated rings. The summed E-state index contributed by atoms with van der Waals surface area (Å²) in [6, 6.07) is 0. The van der Waals surface area contributed by atoms with Crippen LogP contribution in [0.5, 0.6) is 0 Å². The molecule has 0 bridgehead atoms. The topological polar surface area (TPSA) is 140 Å². The van der Waals surface area contributed by atoms with Gasteiger partial charge >= 0.3 is 13.3 Å². The molecule has 0 aromatic carbocycles. The zero-order chi connectivity index (χ0) is 22.5. The van der Waals surface area contributed by atoms with Gasteiger partial charge in [-0.1, -0.05) is 11.6 Å². The lowest BCUT2D eigenvalue weighted by Gasteiger charge is -2.24. The molecule has 1 aromatic heterocycles. The van der Waals surface area contributed by atoms with Gasteiger partial charge in [0.15, 0.2) is 0 Å². The number of halogens is 2.